The predicted molar refractivity (Wildman–Crippen MR) is 102 cm³/mol. The molecule has 8 heteroatoms. The highest BCUT2D eigenvalue weighted by Gasteiger charge is 2.51. The van der Waals surface area contributed by atoms with Gasteiger partial charge in [0.25, 0.3) is 0 Å². The summed E-state index contributed by atoms with van der Waals surface area (Å²) in [6.07, 6.45) is 7.84. The lowest BCUT2D eigenvalue weighted by atomic mass is 9.82. The van der Waals surface area contributed by atoms with Crippen LogP contribution in [-0.2, 0) is 16.1 Å². The number of aromatic nitrogens is 2. The van der Waals surface area contributed by atoms with Crippen LogP contribution in [0, 0.1) is 23.7 Å². The fraction of sp³-hybridized carbons (Fsp3) is 0.316. The summed E-state index contributed by atoms with van der Waals surface area (Å²) in [7, 11) is 0. The van der Waals surface area contributed by atoms with Crippen LogP contribution < -0.4 is 5.32 Å². The quantitative estimate of drug-likeness (QED) is 0.742. The van der Waals surface area contributed by atoms with E-state index in [0.29, 0.717) is 22.3 Å². The first kappa shape index (κ1) is 18.1. The third-order valence-corrected chi connectivity index (χ3v) is 5.88. The molecule has 4 rings (SSSR count). The van der Waals surface area contributed by atoms with Gasteiger partial charge in [0.15, 0.2) is 0 Å². The molecule has 2 bridgehead atoms. The molecule has 1 saturated carbocycles. The Morgan fingerprint density at radius 2 is 1.96 bits per heavy atom. The van der Waals surface area contributed by atoms with E-state index >= 15 is 0 Å². The SMILES string of the molecule is O=C(O)C1C2C=CC(C2)C1C(=O)Nc1cnn(Cc2ccc(Cl)cc2Cl)c1. The number of halogens is 2. The van der Waals surface area contributed by atoms with Crippen LogP contribution in [0.3, 0.4) is 0 Å². The summed E-state index contributed by atoms with van der Waals surface area (Å²) in [4.78, 5) is 24.3. The summed E-state index contributed by atoms with van der Waals surface area (Å²) >= 11 is 12.1. The van der Waals surface area contributed by atoms with Crippen LogP contribution in [0.15, 0.2) is 42.7 Å². The molecular formula is C19H17Cl2N3O3. The van der Waals surface area contributed by atoms with E-state index in [4.69, 9.17) is 23.2 Å². The molecule has 1 fully saturated rings. The number of carboxylic acids is 1. The first-order valence-corrected chi connectivity index (χ1v) is 9.36. The second kappa shape index (κ2) is 7.02. The molecule has 0 radical (unpaired) electrons. The van der Waals surface area contributed by atoms with Gasteiger partial charge >= 0.3 is 5.97 Å². The third-order valence-electron chi connectivity index (χ3n) is 5.30. The average Bonchev–Trinajstić information content (AvgIpc) is 3.33. The normalized spacial score (nSPS) is 25.7. The second-order valence-corrected chi connectivity index (χ2v) is 7.83. The highest BCUT2D eigenvalue weighted by atomic mass is 35.5. The summed E-state index contributed by atoms with van der Waals surface area (Å²) in [5, 5.41) is 17.6. The number of amides is 1. The Labute approximate surface area is 165 Å². The number of nitrogens with one attached hydrogen (secondary N) is 1. The molecule has 6 nitrogen and oxygen atoms in total. The lowest BCUT2D eigenvalue weighted by Gasteiger charge is -2.23. The van der Waals surface area contributed by atoms with E-state index in [-0.39, 0.29) is 17.7 Å². The van der Waals surface area contributed by atoms with Crippen molar-refractivity contribution in [1.29, 1.82) is 0 Å². The van der Waals surface area contributed by atoms with Crippen LogP contribution in [0.1, 0.15) is 12.0 Å². The number of fused-ring (bicyclic) bond motifs is 2. The molecule has 1 aromatic carbocycles. The van der Waals surface area contributed by atoms with Crippen LogP contribution in [-0.4, -0.2) is 26.8 Å². The number of allylic oxidation sites excluding steroid dienone is 2. The fourth-order valence-electron chi connectivity index (χ4n) is 4.08. The number of nitrogens with zero attached hydrogens (tertiary/aromatic N) is 2. The molecule has 2 aromatic rings. The van der Waals surface area contributed by atoms with E-state index in [1.807, 2.05) is 18.2 Å². The van der Waals surface area contributed by atoms with Gasteiger partial charge in [-0.2, -0.15) is 5.10 Å². The van der Waals surface area contributed by atoms with E-state index in [9.17, 15) is 14.7 Å². The number of carboxylic acid groups (broad SMARTS) is 1. The standard InChI is InChI=1S/C19H17Cl2N3O3/c20-13-4-3-12(15(21)6-13)8-24-9-14(7-22-24)23-18(25)16-10-1-2-11(5-10)17(16)19(26)27/h1-4,6-7,9-11,16-17H,5,8H2,(H,23,25)(H,26,27). The number of hydrogen-bond donors (Lipinski definition) is 2. The lowest BCUT2D eigenvalue weighted by Crippen LogP contribution is -2.36. The molecule has 4 atom stereocenters. The topological polar surface area (TPSA) is 84.2 Å². The van der Waals surface area contributed by atoms with Crippen LogP contribution in [0.25, 0.3) is 0 Å². The largest absolute Gasteiger partial charge is 0.481 e. The Balaban J connectivity index is 1.45. The summed E-state index contributed by atoms with van der Waals surface area (Å²) in [6.45, 7) is 0.431. The zero-order valence-electron chi connectivity index (χ0n) is 14.2. The molecule has 0 spiro atoms. The zero-order valence-corrected chi connectivity index (χ0v) is 15.7. The summed E-state index contributed by atoms with van der Waals surface area (Å²) in [5.41, 5.74) is 1.38. The number of carbonyl (C=O) groups is 2. The second-order valence-electron chi connectivity index (χ2n) is 6.99. The molecule has 1 heterocycles. The molecule has 140 valence electrons. The van der Waals surface area contributed by atoms with Gasteiger partial charge in [-0.25, -0.2) is 0 Å². The minimum absolute atomic E-state index is 0.0148. The van der Waals surface area contributed by atoms with Gasteiger partial charge in [0.2, 0.25) is 5.91 Å². The molecule has 2 aliphatic rings. The van der Waals surface area contributed by atoms with Gasteiger partial charge in [0.05, 0.1) is 30.3 Å². The van der Waals surface area contributed by atoms with Crippen molar-refractivity contribution < 1.29 is 14.7 Å². The Hall–Kier alpha value is -2.31. The molecule has 1 aromatic heterocycles. The number of aliphatic carboxylic acids is 1. The zero-order chi connectivity index (χ0) is 19.1. The molecule has 4 unspecified atom stereocenters. The highest BCUT2D eigenvalue weighted by molar-refractivity contribution is 6.35. The maximum Gasteiger partial charge on any atom is 0.307 e. The van der Waals surface area contributed by atoms with Gasteiger partial charge in [-0.05, 0) is 36.0 Å². The molecule has 0 aliphatic heterocycles. The Morgan fingerprint density at radius 3 is 2.67 bits per heavy atom. The van der Waals surface area contributed by atoms with Crippen molar-refractivity contribution in [2.24, 2.45) is 23.7 Å². The van der Waals surface area contributed by atoms with Gasteiger partial charge in [-0.15, -0.1) is 0 Å². The van der Waals surface area contributed by atoms with Crippen molar-refractivity contribution in [2.75, 3.05) is 5.32 Å². The molecule has 2 N–H and O–H groups in total. The third kappa shape index (κ3) is 3.47. The first-order valence-electron chi connectivity index (χ1n) is 8.61. The van der Waals surface area contributed by atoms with Crippen molar-refractivity contribution >= 4 is 40.8 Å². The van der Waals surface area contributed by atoms with Gasteiger partial charge in [0.1, 0.15) is 0 Å². The maximum absolute atomic E-state index is 12.7. The van der Waals surface area contributed by atoms with Gasteiger partial charge in [0, 0.05) is 16.2 Å². The van der Waals surface area contributed by atoms with Crippen LogP contribution in [0.5, 0.6) is 0 Å². The summed E-state index contributed by atoms with van der Waals surface area (Å²) in [5.74, 6) is -2.48. The minimum atomic E-state index is -0.917. The van der Waals surface area contributed by atoms with Crippen LogP contribution in [0.4, 0.5) is 5.69 Å². The maximum atomic E-state index is 12.7. The number of benzene rings is 1. The predicted octanol–water partition coefficient (Wildman–Crippen LogP) is 3.70. The number of hydrogen-bond acceptors (Lipinski definition) is 3. The summed E-state index contributed by atoms with van der Waals surface area (Å²) < 4.78 is 1.65. The van der Waals surface area contributed by atoms with Crippen molar-refractivity contribution in [2.45, 2.75) is 13.0 Å². The molecule has 0 saturated heterocycles. The Kier molecular flexibility index (Phi) is 4.70. The number of rotatable bonds is 5. The van der Waals surface area contributed by atoms with Gasteiger partial charge in [-0.1, -0.05) is 41.4 Å². The minimum Gasteiger partial charge on any atom is -0.481 e. The molecule has 1 amide bonds. The van der Waals surface area contributed by atoms with Crippen molar-refractivity contribution in [3.63, 3.8) is 0 Å². The lowest BCUT2D eigenvalue weighted by molar-refractivity contribution is -0.146. The first-order chi connectivity index (χ1) is 12.9. The Bertz CT molecular complexity index is 940. The van der Waals surface area contributed by atoms with E-state index in [2.05, 4.69) is 10.4 Å². The summed E-state index contributed by atoms with van der Waals surface area (Å²) in [6, 6.07) is 5.24. The molecular weight excluding hydrogens is 389 g/mol. The molecule has 2 aliphatic carbocycles. The number of anilines is 1. The van der Waals surface area contributed by atoms with Gasteiger partial charge < -0.3 is 10.4 Å². The van der Waals surface area contributed by atoms with Crippen molar-refractivity contribution in [1.82, 2.24) is 9.78 Å². The monoisotopic (exact) mass is 405 g/mol. The average molecular weight is 406 g/mol. The fourth-order valence-corrected chi connectivity index (χ4v) is 4.55. The van der Waals surface area contributed by atoms with E-state index in [1.165, 1.54) is 0 Å². The van der Waals surface area contributed by atoms with E-state index in [1.54, 1.807) is 29.2 Å². The van der Waals surface area contributed by atoms with Crippen molar-refractivity contribution in [3.8, 4) is 0 Å². The van der Waals surface area contributed by atoms with Crippen LogP contribution >= 0.6 is 23.2 Å². The van der Waals surface area contributed by atoms with Crippen molar-refractivity contribution in [3.05, 3.63) is 58.4 Å². The van der Waals surface area contributed by atoms with Gasteiger partial charge in [-0.3, -0.25) is 14.3 Å². The van der Waals surface area contributed by atoms with E-state index in [0.717, 1.165) is 12.0 Å². The Morgan fingerprint density at radius 1 is 1.22 bits per heavy atom. The smallest absolute Gasteiger partial charge is 0.307 e. The van der Waals surface area contributed by atoms with E-state index < -0.39 is 17.8 Å². The van der Waals surface area contributed by atoms with Crippen LogP contribution in [0.2, 0.25) is 10.0 Å². The highest BCUT2D eigenvalue weighted by Crippen LogP contribution is 2.48. The molecule has 27 heavy (non-hydrogen) atoms. The number of carbonyl (C=O) groups excluding carboxylic acids is 1.